The normalized spacial score (nSPS) is 16.3. The number of hydrogen-bond acceptors (Lipinski definition) is 6. The Balaban J connectivity index is 1.44. The second-order valence-electron chi connectivity index (χ2n) is 8.35. The van der Waals surface area contributed by atoms with Gasteiger partial charge in [0.1, 0.15) is 0 Å². The van der Waals surface area contributed by atoms with Crippen molar-refractivity contribution in [2.75, 3.05) is 12.3 Å². The molecule has 1 atom stereocenters. The Morgan fingerprint density at radius 3 is 2.88 bits per heavy atom. The number of aryl methyl sites for hydroxylation is 1. The van der Waals surface area contributed by atoms with Gasteiger partial charge < -0.3 is 4.90 Å². The van der Waals surface area contributed by atoms with Gasteiger partial charge in [-0.3, -0.25) is 18.6 Å². The number of thiophene rings is 1. The number of nitrogens with zero attached hydrogens (tertiary/aromatic N) is 5. The van der Waals surface area contributed by atoms with Crippen LogP contribution < -0.4 is 5.56 Å². The average molecular weight is 482 g/mol. The summed E-state index contributed by atoms with van der Waals surface area (Å²) in [6.07, 6.45) is 5.09. The van der Waals surface area contributed by atoms with E-state index in [-0.39, 0.29) is 17.5 Å². The number of fused-ring (bicyclic) bond motifs is 3. The Morgan fingerprint density at radius 2 is 2.06 bits per heavy atom. The average Bonchev–Trinajstić information content (AvgIpc) is 3.60. The molecule has 9 heteroatoms. The highest BCUT2D eigenvalue weighted by molar-refractivity contribution is 7.99. The van der Waals surface area contributed by atoms with E-state index in [0.29, 0.717) is 28.6 Å². The van der Waals surface area contributed by atoms with Gasteiger partial charge in [-0.25, -0.2) is 0 Å². The molecular weight excluding hydrogens is 454 g/mol. The molecule has 0 radical (unpaired) electrons. The number of amides is 1. The molecule has 1 amide bonds. The second-order valence-corrected chi connectivity index (χ2v) is 10.3. The summed E-state index contributed by atoms with van der Waals surface area (Å²) in [5.41, 5.74) is 0.743. The van der Waals surface area contributed by atoms with E-state index in [2.05, 4.69) is 28.6 Å². The van der Waals surface area contributed by atoms with E-state index in [4.69, 9.17) is 0 Å². The van der Waals surface area contributed by atoms with Crippen LogP contribution in [0, 0.1) is 0 Å². The zero-order valence-corrected chi connectivity index (χ0v) is 20.3. The molecule has 1 fully saturated rings. The highest BCUT2D eigenvalue weighted by Gasteiger charge is 2.30. The van der Waals surface area contributed by atoms with Crippen molar-refractivity contribution in [1.29, 1.82) is 0 Å². The Kier molecular flexibility index (Phi) is 6.50. The van der Waals surface area contributed by atoms with Crippen molar-refractivity contribution in [3.05, 3.63) is 57.0 Å². The molecule has 33 heavy (non-hydrogen) atoms. The first-order valence-electron chi connectivity index (χ1n) is 11.5. The standard InChI is InChI=1S/C24H27N5O2S2/c1-2-3-6-13-28-22(31)17-9-4-5-10-18(17)29-23(28)25-26-24(29)33-16-21(30)27-14-7-11-19(27)20-12-8-15-32-20/h4-5,8-10,12,15,19H,2-3,6-7,11,13-14,16H2,1H3. The molecule has 1 aliphatic rings. The predicted molar refractivity (Wildman–Crippen MR) is 133 cm³/mol. The van der Waals surface area contributed by atoms with Crippen molar-refractivity contribution < 1.29 is 4.79 Å². The third-order valence-corrected chi connectivity index (χ3v) is 8.12. The molecule has 4 heterocycles. The van der Waals surface area contributed by atoms with Crippen LogP contribution in [-0.2, 0) is 11.3 Å². The quantitative estimate of drug-likeness (QED) is 0.268. The summed E-state index contributed by atoms with van der Waals surface area (Å²) in [4.78, 5) is 29.5. The molecule has 0 saturated carbocycles. The van der Waals surface area contributed by atoms with Crippen LogP contribution in [-0.4, -0.2) is 42.3 Å². The van der Waals surface area contributed by atoms with Crippen LogP contribution in [0.1, 0.15) is 49.9 Å². The van der Waals surface area contributed by atoms with E-state index in [9.17, 15) is 9.59 Å². The summed E-state index contributed by atoms with van der Waals surface area (Å²) in [6.45, 7) is 3.55. The molecule has 1 aliphatic heterocycles. The third kappa shape index (κ3) is 4.19. The monoisotopic (exact) mass is 481 g/mol. The van der Waals surface area contributed by atoms with Gasteiger partial charge in [-0.05, 0) is 42.8 Å². The first-order valence-corrected chi connectivity index (χ1v) is 13.4. The molecule has 1 unspecified atom stereocenters. The van der Waals surface area contributed by atoms with E-state index >= 15 is 0 Å². The number of para-hydroxylation sites is 1. The molecule has 4 aromatic rings. The molecule has 7 nitrogen and oxygen atoms in total. The van der Waals surface area contributed by atoms with Crippen LogP contribution in [0.2, 0.25) is 0 Å². The number of aromatic nitrogens is 4. The van der Waals surface area contributed by atoms with Crippen LogP contribution in [0.5, 0.6) is 0 Å². The van der Waals surface area contributed by atoms with E-state index in [1.54, 1.807) is 15.9 Å². The third-order valence-electron chi connectivity index (χ3n) is 6.23. The van der Waals surface area contributed by atoms with Gasteiger partial charge in [-0.1, -0.05) is 49.7 Å². The summed E-state index contributed by atoms with van der Waals surface area (Å²) in [7, 11) is 0. The van der Waals surface area contributed by atoms with Crippen molar-refractivity contribution >= 4 is 45.7 Å². The molecule has 1 saturated heterocycles. The Labute approximate surface area is 200 Å². The van der Waals surface area contributed by atoms with Gasteiger partial charge in [0.2, 0.25) is 11.7 Å². The van der Waals surface area contributed by atoms with Gasteiger partial charge in [-0.2, -0.15) is 0 Å². The molecule has 0 aliphatic carbocycles. The number of carbonyl (C=O) groups is 1. The van der Waals surface area contributed by atoms with E-state index in [0.717, 1.165) is 44.2 Å². The van der Waals surface area contributed by atoms with Crippen LogP contribution in [0.15, 0.2) is 51.7 Å². The van der Waals surface area contributed by atoms with Crippen LogP contribution >= 0.6 is 23.1 Å². The molecule has 0 N–H and O–H groups in total. The zero-order chi connectivity index (χ0) is 22.8. The number of benzene rings is 1. The fourth-order valence-electron chi connectivity index (χ4n) is 4.60. The summed E-state index contributed by atoms with van der Waals surface area (Å²) >= 11 is 3.11. The number of carbonyl (C=O) groups excluding carboxylic acids is 1. The fourth-order valence-corrected chi connectivity index (χ4v) is 6.30. The maximum absolute atomic E-state index is 13.1. The minimum Gasteiger partial charge on any atom is -0.334 e. The van der Waals surface area contributed by atoms with Gasteiger partial charge in [0.25, 0.3) is 5.56 Å². The minimum atomic E-state index is -0.0370. The molecule has 5 rings (SSSR count). The van der Waals surface area contributed by atoms with Crippen molar-refractivity contribution in [2.24, 2.45) is 0 Å². The SMILES string of the molecule is CCCCCn1c(=O)c2ccccc2n2c(SCC(=O)N3CCCC3c3cccs3)nnc12. The van der Waals surface area contributed by atoms with Crippen molar-refractivity contribution in [3.63, 3.8) is 0 Å². The first-order chi connectivity index (χ1) is 16.2. The molecule has 0 spiro atoms. The maximum Gasteiger partial charge on any atom is 0.262 e. The van der Waals surface area contributed by atoms with Gasteiger partial charge in [-0.15, -0.1) is 21.5 Å². The lowest BCUT2D eigenvalue weighted by atomic mass is 10.2. The number of likely N-dealkylation sites (tertiary alicyclic amines) is 1. The van der Waals surface area contributed by atoms with E-state index in [1.807, 2.05) is 39.6 Å². The Morgan fingerprint density at radius 1 is 1.18 bits per heavy atom. The molecule has 172 valence electrons. The summed E-state index contributed by atoms with van der Waals surface area (Å²) in [5.74, 6) is 0.960. The van der Waals surface area contributed by atoms with Crippen molar-refractivity contribution in [2.45, 2.75) is 56.8 Å². The summed E-state index contributed by atoms with van der Waals surface area (Å²) in [5, 5.41) is 12.1. The van der Waals surface area contributed by atoms with E-state index in [1.165, 1.54) is 16.6 Å². The lowest BCUT2D eigenvalue weighted by Gasteiger charge is -2.23. The van der Waals surface area contributed by atoms with Crippen molar-refractivity contribution in [1.82, 2.24) is 24.1 Å². The maximum atomic E-state index is 13.1. The molecule has 3 aromatic heterocycles. The fraction of sp³-hybridized carbons (Fsp3) is 0.417. The van der Waals surface area contributed by atoms with Gasteiger partial charge in [0.05, 0.1) is 22.7 Å². The molecular formula is C24H27N5O2S2. The second kappa shape index (κ2) is 9.69. The lowest BCUT2D eigenvalue weighted by Crippen LogP contribution is -2.31. The van der Waals surface area contributed by atoms with Crippen LogP contribution in [0.3, 0.4) is 0 Å². The van der Waals surface area contributed by atoms with E-state index < -0.39 is 0 Å². The number of hydrogen-bond donors (Lipinski definition) is 0. The number of thioether (sulfide) groups is 1. The topological polar surface area (TPSA) is 72.5 Å². The number of unbranched alkanes of at least 4 members (excludes halogenated alkanes) is 2. The van der Waals surface area contributed by atoms with Gasteiger partial charge >= 0.3 is 0 Å². The predicted octanol–water partition coefficient (Wildman–Crippen LogP) is 4.75. The minimum absolute atomic E-state index is 0.0370. The zero-order valence-electron chi connectivity index (χ0n) is 18.6. The largest absolute Gasteiger partial charge is 0.334 e. The lowest BCUT2D eigenvalue weighted by molar-refractivity contribution is -0.129. The van der Waals surface area contributed by atoms with Crippen molar-refractivity contribution in [3.8, 4) is 0 Å². The van der Waals surface area contributed by atoms with Gasteiger partial charge in [0.15, 0.2) is 5.16 Å². The Bertz CT molecular complexity index is 1330. The summed E-state index contributed by atoms with van der Waals surface area (Å²) < 4.78 is 3.66. The van der Waals surface area contributed by atoms with Crippen LogP contribution in [0.25, 0.3) is 16.7 Å². The van der Waals surface area contributed by atoms with Crippen LogP contribution in [0.4, 0.5) is 0 Å². The first kappa shape index (κ1) is 22.2. The Hall–Kier alpha value is -2.65. The molecule has 1 aromatic carbocycles. The summed E-state index contributed by atoms with van der Waals surface area (Å²) in [6, 6.07) is 11.9. The molecule has 0 bridgehead atoms. The highest BCUT2D eigenvalue weighted by Crippen LogP contribution is 2.35. The highest BCUT2D eigenvalue weighted by atomic mass is 32.2. The van der Waals surface area contributed by atoms with Gasteiger partial charge in [0, 0.05) is 18.0 Å². The number of rotatable bonds is 8. The smallest absolute Gasteiger partial charge is 0.262 e.